The minimum Gasteiger partial charge on any atom is -0.465 e. The van der Waals surface area contributed by atoms with Crippen molar-refractivity contribution >= 4 is 11.5 Å². The van der Waals surface area contributed by atoms with Gasteiger partial charge in [-0.05, 0) is 57.9 Å². The van der Waals surface area contributed by atoms with Crippen LogP contribution in [0.1, 0.15) is 35.1 Å². The summed E-state index contributed by atoms with van der Waals surface area (Å²) in [6, 6.07) is 6.20. The average molecular weight is 392 g/mol. The van der Waals surface area contributed by atoms with Crippen LogP contribution in [0.4, 0.5) is 0 Å². The van der Waals surface area contributed by atoms with Gasteiger partial charge in [0.1, 0.15) is 5.82 Å². The number of allylic oxidation sites excluding steroid dienone is 1. The molecular formula is C22H24N4O3. The van der Waals surface area contributed by atoms with Gasteiger partial charge in [0.25, 0.3) is 0 Å². The van der Waals surface area contributed by atoms with Crippen molar-refractivity contribution in [1.29, 1.82) is 0 Å². The first-order valence-corrected chi connectivity index (χ1v) is 9.23. The summed E-state index contributed by atoms with van der Waals surface area (Å²) < 4.78 is 12.7. The number of carbonyl (C=O) groups is 1. The van der Waals surface area contributed by atoms with Gasteiger partial charge >= 0.3 is 5.97 Å². The lowest BCUT2D eigenvalue weighted by atomic mass is 10.1. The second-order valence-corrected chi connectivity index (χ2v) is 6.80. The van der Waals surface area contributed by atoms with Gasteiger partial charge in [0.05, 0.1) is 42.0 Å². The molecular weight excluding hydrogens is 368 g/mol. The van der Waals surface area contributed by atoms with E-state index >= 15 is 0 Å². The second-order valence-electron chi connectivity index (χ2n) is 6.80. The highest BCUT2D eigenvalue weighted by molar-refractivity contribution is 6.17. The van der Waals surface area contributed by atoms with Gasteiger partial charge in [-0.1, -0.05) is 12.1 Å². The minimum atomic E-state index is -0.473. The maximum absolute atomic E-state index is 12.2. The largest absolute Gasteiger partial charge is 0.465 e. The lowest BCUT2D eigenvalue weighted by Crippen LogP contribution is -2.09. The molecule has 0 N–H and O–H groups in total. The molecule has 0 unspecified atom stereocenters. The Balaban J connectivity index is 2.01. The summed E-state index contributed by atoms with van der Waals surface area (Å²) in [5, 5.41) is 4.40. The fourth-order valence-electron chi connectivity index (χ4n) is 3.23. The first-order valence-electron chi connectivity index (χ1n) is 9.23. The molecule has 3 rings (SSSR count). The Kier molecular flexibility index (Phi) is 5.77. The number of methoxy groups -OCH3 is 1. The van der Waals surface area contributed by atoms with E-state index in [1.165, 1.54) is 7.11 Å². The lowest BCUT2D eigenvalue weighted by Gasteiger charge is -2.13. The molecule has 0 amide bonds. The Labute approximate surface area is 170 Å². The molecule has 0 bridgehead atoms. The first-order chi connectivity index (χ1) is 13.8. The second kappa shape index (κ2) is 8.26. The lowest BCUT2D eigenvalue weighted by molar-refractivity contribution is -0.133. The van der Waals surface area contributed by atoms with Gasteiger partial charge in [-0.25, -0.2) is 14.5 Å². The number of aryl methyl sites for hydroxylation is 4. The molecule has 2 aromatic heterocycles. The topological polar surface area (TPSA) is 79.1 Å². The van der Waals surface area contributed by atoms with Crippen LogP contribution in [-0.4, -0.2) is 32.8 Å². The van der Waals surface area contributed by atoms with Gasteiger partial charge in [0.2, 0.25) is 5.88 Å². The van der Waals surface area contributed by atoms with Crippen molar-refractivity contribution in [2.24, 2.45) is 0 Å². The number of rotatable bonds is 5. The molecule has 7 nitrogen and oxygen atoms in total. The molecule has 0 radical (unpaired) electrons. The Morgan fingerprint density at radius 3 is 2.38 bits per heavy atom. The van der Waals surface area contributed by atoms with Crippen molar-refractivity contribution in [1.82, 2.24) is 19.7 Å². The summed E-state index contributed by atoms with van der Waals surface area (Å²) >= 11 is 0. The van der Waals surface area contributed by atoms with Crippen molar-refractivity contribution in [3.63, 3.8) is 0 Å². The highest BCUT2D eigenvalue weighted by Crippen LogP contribution is 2.31. The fraction of sp³-hybridized carbons (Fsp3) is 0.273. The molecule has 0 saturated carbocycles. The van der Waals surface area contributed by atoms with Crippen LogP contribution in [0.15, 0.2) is 36.7 Å². The Hall–Kier alpha value is -3.48. The molecule has 0 saturated heterocycles. The maximum Gasteiger partial charge on any atom is 0.338 e. The third kappa shape index (κ3) is 4.34. The van der Waals surface area contributed by atoms with Crippen LogP contribution in [0, 0.1) is 27.7 Å². The van der Waals surface area contributed by atoms with E-state index in [1.54, 1.807) is 37.0 Å². The molecule has 0 fully saturated rings. The maximum atomic E-state index is 12.2. The van der Waals surface area contributed by atoms with Crippen molar-refractivity contribution in [3.8, 4) is 17.3 Å². The molecule has 0 aliphatic rings. The number of benzene rings is 1. The monoisotopic (exact) mass is 392 g/mol. The van der Waals surface area contributed by atoms with Crippen molar-refractivity contribution in [3.05, 3.63) is 64.9 Å². The van der Waals surface area contributed by atoms with Crippen LogP contribution >= 0.6 is 0 Å². The predicted molar refractivity (Wildman–Crippen MR) is 110 cm³/mol. The smallest absolute Gasteiger partial charge is 0.338 e. The molecule has 2 heterocycles. The van der Waals surface area contributed by atoms with E-state index in [9.17, 15) is 4.79 Å². The number of ether oxygens (including phenoxy) is 2. The van der Waals surface area contributed by atoms with Gasteiger partial charge < -0.3 is 9.47 Å². The fourth-order valence-corrected chi connectivity index (χ4v) is 3.23. The molecule has 7 heteroatoms. The molecule has 29 heavy (non-hydrogen) atoms. The number of hydrogen-bond acceptors (Lipinski definition) is 6. The molecule has 0 aliphatic heterocycles. The summed E-state index contributed by atoms with van der Waals surface area (Å²) in [4.78, 5) is 21.0. The van der Waals surface area contributed by atoms with Gasteiger partial charge in [-0.3, -0.25) is 0 Å². The van der Waals surface area contributed by atoms with E-state index in [4.69, 9.17) is 9.47 Å². The van der Waals surface area contributed by atoms with Crippen molar-refractivity contribution in [2.45, 2.75) is 34.6 Å². The van der Waals surface area contributed by atoms with E-state index in [-0.39, 0.29) is 5.88 Å². The standard InChI is InChI=1S/C22H24N4O3/c1-7-19(22(27)28-6)20-15(4)24-16(5)25-21(20)29-18-11-23-26(12-18)17-9-13(2)8-14(3)10-17/h7-12H,1-6H3. The van der Waals surface area contributed by atoms with E-state index in [2.05, 4.69) is 21.1 Å². The van der Waals surface area contributed by atoms with E-state index in [0.29, 0.717) is 28.4 Å². The third-order valence-electron chi connectivity index (χ3n) is 4.38. The van der Waals surface area contributed by atoms with Crippen LogP contribution in [0.5, 0.6) is 11.6 Å². The quantitative estimate of drug-likeness (QED) is 0.477. The number of aromatic nitrogens is 4. The van der Waals surface area contributed by atoms with Crippen LogP contribution in [0.2, 0.25) is 0 Å². The molecule has 1 aromatic carbocycles. The normalized spacial score (nSPS) is 11.4. The molecule has 0 spiro atoms. The minimum absolute atomic E-state index is 0.286. The van der Waals surface area contributed by atoms with E-state index in [1.807, 2.05) is 32.9 Å². The van der Waals surface area contributed by atoms with E-state index in [0.717, 1.165) is 16.8 Å². The Bertz CT molecular complexity index is 1080. The van der Waals surface area contributed by atoms with Gasteiger partial charge in [-0.2, -0.15) is 10.1 Å². The Morgan fingerprint density at radius 1 is 1.07 bits per heavy atom. The summed E-state index contributed by atoms with van der Waals surface area (Å²) in [5.74, 6) is 0.860. The molecule has 3 aromatic rings. The summed E-state index contributed by atoms with van der Waals surface area (Å²) in [6.07, 6.45) is 5.05. The van der Waals surface area contributed by atoms with Crippen molar-refractivity contribution < 1.29 is 14.3 Å². The van der Waals surface area contributed by atoms with Crippen LogP contribution in [0.3, 0.4) is 0 Å². The SMILES string of the molecule is CC=C(C(=O)OC)c1c(C)nc(C)nc1Oc1cnn(-c2cc(C)cc(C)c2)c1. The summed E-state index contributed by atoms with van der Waals surface area (Å²) in [7, 11) is 1.34. The van der Waals surface area contributed by atoms with Crippen LogP contribution in [0.25, 0.3) is 11.3 Å². The zero-order chi connectivity index (χ0) is 21.1. The third-order valence-corrected chi connectivity index (χ3v) is 4.38. The van der Waals surface area contributed by atoms with Crippen molar-refractivity contribution in [2.75, 3.05) is 7.11 Å². The highest BCUT2D eigenvalue weighted by atomic mass is 16.5. The zero-order valence-corrected chi connectivity index (χ0v) is 17.5. The molecule has 0 aliphatic carbocycles. The highest BCUT2D eigenvalue weighted by Gasteiger charge is 2.22. The summed E-state index contributed by atoms with van der Waals surface area (Å²) in [6.45, 7) is 9.43. The molecule has 0 atom stereocenters. The first kappa shape index (κ1) is 20.3. The number of esters is 1. The summed E-state index contributed by atoms with van der Waals surface area (Å²) in [5.41, 5.74) is 4.73. The number of nitrogens with zero attached hydrogens (tertiary/aromatic N) is 4. The van der Waals surface area contributed by atoms with Gasteiger partial charge in [0.15, 0.2) is 5.75 Å². The Morgan fingerprint density at radius 2 is 1.76 bits per heavy atom. The van der Waals surface area contributed by atoms with E-state index < -0.39 is 5.97 Å². The van der Waals surface area contributed by atoms with Gasteiger partial charge in [0, 0.05) is 0 Å². The number of hydrogen-bond donors (Lipinski definition) is 0. The zero-order valence-electron chi connectivity index (χ0n) is 17.5. The number of carbonyl (C=O) groups excluding carboxylic acids is 1. The van der Waals surface area contributed by atoms with Gasteiger partial charge in [-0.15, -0.1) is 0 Å². The average Bonchev–Trinajstić information content (AvgIpc) is 3.11. The van der Waals surface area contributed by atoms with Crippen LogP contribution < -0.4 is 4.74 Å². The molecule has 150 valence electrons. The van der Waals surface area contributed by atoms with Crippen LogP contribution in [-0.2, 0) is 9.53 Å². The predicted octanol–water partition coefficient (Wildman–Crippen LogP) is 4.26.